The first-order valence-corrected chi connectivity index (χ1v) is 6.14. The lowest BCUT2D eigenvalue weighted by atomic mass is 10.1. The van der Waals surface area contributed by atoms with Gasteiger partial charge in [0.25, 0.3) is 5.91 Å². The maximum Gasteiger partial charge on any atom is 0.251 e. The van der Waals surface area contributed by atoms with E-state index < -0.39 is 6.10 Å². The van der Waals surface area contributed by atoms with Crippen LogP contribution in [-0.2, 0) is 14.3 Å². The third kappa shape index (κ3) is 4.49. The van der Waals surface area contributed by atoms with Crippen molar-refractivity contribution in [2.45, 2.75) is 24.8 Å². The quantitative estimate of drug-likeness (QED) is 0.780. The van der Waals surface area contributed by atoms with Gasteiger partial charge in [0.05, 0.1) is 19.8 Å². The third-order valence-electron chi connectivity index (χ3n) is 2.30. The molecule has 0 spiro atoms. The normalized spacial score (nSPS) is 23.9. The smallest absolute Gasteiger partial charge is 0.251 e. The van der Waals surface area contributed by atoms with E-state index in [1.165, 1.54) is 0 Å². The van der Waals surface area contributed by atoms with Crippen molar-refractivity contribution in [2.75, 3.05) is 26.4 Å². The van der Waals surface area contributed by atoms with Crippen LogP contribution in [-0.4, -0.2) is 43.2 Å². The fraction of sp³-hybridized carbons (Fsp3) is 0.900. The lowest BCUT2D eigenvalue weighted by Crippen LogP contribution is -2.44. The first kappa shape index (κ1) is 12.9. The van der Waals surface area contributed by atoms with Crippen LogP contribution in [0.5, 0.6) is 0 Å². The van der Waals surface area contributed by atoms with Crippen molar-refractivity contribution in [1.82, 2.24) is 5.32 Å². The Morgan fingerprint density at radius 2 is 2.27 bits per heavy atom. The van der Waals surface area contributed by atoms with Gasteiger partial charge in [-0.2, -0.15) is 0 Å². The van der Waals surface area contributed by atoms with E-state index in [-0.39, 0.29) is 5.91 Å². The third-order valence-corrected chi connectivity index (χ3v) is 3.68. The summed E-state index contributed by atoms with van der Waals surface area (Å²) < 4.78 is 10.4. The van der Waals surface area contributed by atoms with Crippen LogP contribution < -0.4 is 5.32 Å². The number of carbonyl (C=O) groups excluding carboxylic acids is 1. The molecule has 1 saturated heterocycles. The fourth-order valence-corrected chi connectivity index (χ4v) is 1.35. The number of amides is 1. The molecule has 1 N–H and O–H groups in total. The van der Waals surface area contributed by atoms with Gasteiger partial charge < -0.3 is 14.8 Å². The van der Waals surface area contributed by atoms with Crippen LogP contribution in [0.1, 0.15) is 13.8 Å². The van der Waals surface area contributed by atoms with Gasteiger partial charge in [0.15, 0.2) is 6.10 Å². The molecule has 1 fully saturated rings. The number of halogens is 1. The molecule has 15 heavy (non-hydrogen) atoms. The molecule has 1 rings (SSSR count). The molecule has 0 aliphatic carbocycles. The number of hydrogen-bond donors (Lipinski definition) is 1. The van der Waals surface area contributed by atoms with Gasteiger partial charge >= 0.3 is 0 Å². The molecule has 1 heterocycles. The van der Waals surface area contributed by atoms with Crippen molar-refractivity contribution in [2.24, 2.45) is 5.92 Å². The summed E-state index contributed by atoms with van der Waals surface area (Å²) in [6.45, 7) is 6.27. The van der Waals surface area contributed by atoms with Gasteiger partial charge in [0.2, 0.25) is 0 Å². The predicted molar refractivity (Wildman–Crippen MR) is 61.1 cm³/mol. The molecule has 0 aromatic carbocycles. The molecule has 1 amide bonds. The minimum absolute atomic E-state index is 0.0835. The van der Waals surface area contributed by atoms with Gasteiger partial charge in [0, 0.05) is 11.4 Å². The van der Waals surface area contributed by atoms with Crippen LogP contribution in [0, 0.1) is 5.92 Å². The Hall–Kier alpha value is -0.130. The van der Waals surface area contributed by atoms with E-state index in [9.17, 15) is 4.79 Å². The lowest BCUT2D eigenvalue weighted by molar-refractivity contribution is -0.147. The molecular weight excluding hydrogens is 262 g/mol. The molecule has 2 atom stereocenters. The Labute approximate surface area is 98.8 Å². The Bertz CT molecular complexity index is 205. The molecule has 2 unspecified atom stereocenters. The highest BCUT2D eigenvalue weighted by molar-refractivity contribution is 9.09. The predicted octanol–water partition coefficient (Wildman–Crippen LogP) is 0.938. The molecule has 0 radical (unpaired) electrons. The molecule has 88 valence electrons. The summed E-state index contributed by atoms with van der Waals surface area (Å²) in [6.07, 6.45) is -0.439. The molecule has 0 saturated carbocycles. The Kier molecular flexibility index (Phi) is 5.56. The number of nitrogens with one attached hydrogen (secondary N) is 1. The zero-order valence-electron chi connectivity index (χ0n) is 9.16. The van der Waals surface area contributed by atoms with Gasteiger partial charge in [-0.05, 0) is 5.92 Å². The molecule has 1 aliphatic heterocycles. The van der Waals surface area contributed by atoms with E-state index >= 15 is 0 Å². The maximum absolute atomic E-state index is 11.6. The second kappa shape index (κ2) is 6.45. The molecular formula is C10H18BrNO3. The van der Waals surface area contributed by atoms with Gasteiger partial charge in [-0.1, -0.05) is 29.8 Å². The fourth-order valence-electron chi connectivity index (χ4n) is 1.19. The molecule has 0 aromatic rings. The van der Waals surface area contributed by atoms with E-state index in [1.807, 2.05) is 0 Å². The molecule has 0 aromatic heterocycles. The number of carbonyl (C=O) groups is 1. The summed E-state index contributed by atoms with van der Waals surface area (Å²) in [5, 5.41) is 2.84. The molecule has 5 heteroatoms. The SMILES string of the molecule is CC(C)C(Br)CNC(=O)C1COCCO1. The van der Waals surface area contributed by atoms with Crippen molar-refractivity contribution in [1.29, 1.82) is 0 Å². The van der Waals surface area contributed by atoms with Crippen LogP contribution in [0.3, 0.4) is 0 Å². The lowest BCUT2D eigenvalue weighted by Gasteiger charge is -2.23. The Balaban J connectivity index is 2.22. The summed E-state index contributed by atoms with van der Waals surface area (Å²) in [6, 6.07) is 0. The van der Waals surface area contributed by atoms with Gasteiger partial charge in [-0.15, -0.1) is 0 Å². The molecule has 4 nitrogen and oxygen atoms in total. The van der Waals surface area contributed by atoms with Gasteiger partial charge in [-0.25, -0.2) is 0 Å². The topological polar surface area (TPSA) is 47.6 Å². The largest absolute Gasteiger partial charge is 0.376 e. The molecule has 0 bridgehead atoms. The van der Waals surface area contributed by atoms with E-state index in [0.29, 0.717) is 37.1 Å². The molecule has 1 aliphatic rings. The Morgan fingerprint density at radius 3 is 2.80 bits per heavy atom. The van der Waals surface area contributed by atoms with Gasteiger partial charge in [-0.3, -0.25) is 4.79 Å². The van der Waals surface area contributed by atoms with Crippen molar-refractivity contribution in [3.8, 4) is 0 Å². The highest BCUT2D eigenvalue weighted by atomic mass is 79.9. The number of hydrogen-bond acceptors (Lipinski definition) is 3. The minimum Gasteiger partial charge on any atom is -0.376 e. The summed E-state index contributed by atoms with van der Waals surface area (Å²) in [7, 11) is 0. The monoisotopic (exact) mass is 279 g/mol. The van der Waals surface area contributed by atoms with Crippen molar-refractivity contribution >= 4 is 21.8 Å². The van der Waals surface area contributed by atoms with Crippen LogP contribution in [0.4, 0.5) is 0 Å². The summed E-state index contributed by atoms with van der Waals surface area (Å²) in [5.41, 5.74) is 0. The van der Waals surface area contributed by atoms with Crippen LogP contribution in [0.15, 0.2) is 0 Å². The van der Waals surface area contributed by atoms with Crippen molar-refractivity contribution in [3.63, 3.8) is 0 Å². The zero-order valence-corrected chi connectivity index (χ0v) is 10.7. The summed E-state index contributed by atoms with van der Waals surface area (Å²) in [5.74, 6) is 0.411. The maximum atomic E-state index is 11.6. The second-order valence-electron chi connectivity index (χ2n) is 3.94. The Morgan fingerprint density at radius 1 is 1.53 bits per heavy atom. The van der Waals surface area contributed by atoms with Crippen LogP contribution >= 0.6 is 15.9 Å². The zero-order chi connectivity index (χ0) is 11.3. The number of alkyl halides is 1. The first-order chi connectivity index (χ1) is 7.11. The van der Waals surface area contributed by atoms with Crippen LogP contribution in [0.25, 0.3) is 0 Å². The van der Waals surface area contributed by atoms with Crippen LogP contribution in [0.2, 0.25) is 0 Å². The van der Waals surface area contributed by atoms with Crippen molar-refractivity contribution < 1.29 is 14.3 Å². The first-order valence-electron chi connectivity index (χ1n) is 5.22. The van der Waals surface area contributed by atoms with E-state index in [2.05, 4.69) is 35.1 Å². The van der Waals surface area contributed by atoms with E-state index in [0.717, 1.165) is 0 Å². The summed E-state index contributed by atoms with van der Waals surface area (Å²) in [4.78, 5) is 11.9. The standard InChI is InChI=1S/C10H18BrNO3/c1-7(2)8(11)5-12-10(13)9-6-14-3-4-15-9/h7-9H,3-6H2,1-2H3,(H,12,13). The number of ether oxygens (including phenoxy) is 2. The highest BCUT2D eigenvalue weighted by Crippen LogP contribution is 2.10. The summed E-state index contributed by atoms with van der Waals surface area (Å²) >= 11 is 3.51. The highest BCUT2D eigenvalue weighted by Gasteiger charge is 2.23. The number of rotatable bonds is 4. The van der Waals surface area contributed by atoms with Gasteiger partial charge in [0.1, 0.15) is 0 Å². The average molecular weight is 280 g/mol. The van der Waals surface area contributed by atoms with E-state index in [1.54, 1.807) is 0 Å². The van der Waals surface area contributed by atoms with Crippen molar-refractivity contribution in [3.05, 3.63) is 0 Å². The second-order valence-corrected chi connectivity index (χ2v) is 5.12. The van der Waals surface area contributed by atoms with E-state index in [4.69, 9.17) is 9.47 Å². The minimum atomic E-state index is -0.439. The average Bonchev–Trinajstić information content (AvgIpc) is 2.26.